The molecule has 2 amide bonds. The molecule has 0 bridgehead atoms. The van der Waals surface area contributed by atoms with E-state index >= 15 is 0 Å². The Labute approximate surface area is 175 Å². The largest absolute Gasteiger partial charge is 0.336 e. The first-order valence-corrected chi connectivity index (χ1v) is 10.6. The fourth-order valence-corrected chi connectivity index (χ4v) is 4.10. The average Bonchev–Trinajstić information content (AvgIpc) is 2.72. The Balaban J connectivity index is 1.55. The number of carbonyl (C=O) groups excluding carboxylic acids is 2. The summed E-state index contributed by atoms with van der Waals surface area (Å²) in [5.74, 6) is -0.300. The zero-order valence-electron chi connectivity index (χ0n) is 16.7. The molecule has 3 rings (SSSR count). The van der Waals surface area contributed by atoms with Gasteiger partial charge in [0.15, 0.2) is 0 Å². The standard InChI is InChI=1S/C22H24N4O2S/c1-15-7-9-18(10-8-15)24-20(27)13-26(2)21(28)14-29-22-17(12-23)11-16-5-3-4-6-19(16)25-22/h7-11H,3-6,13-14H2,1-2H3,(H,24,27). The van der Waals surface area contributed by atoms with E-state index in [0.717, 1.165) is 42.5 Å². The second-order valence-electron chi connectivity index (χ2n) is 7.22. The third-order valence-electron chi connectivity index (χ3n) is 4.86. The SMILES string of the molecule is Cc1ccc(NC(=O)CN(C)C(=O)CSc2nc3c(cc2C#N)CCCC3)cc1. The van der Waals surface area contributed by atoms with Crippen LogP contribution in [-0.4, -0.2) is 41.0 Å². The molecule has 0 radical (unpaired) electrons. The number of benzene rings is 1. The predicted molar refractivity (Wildman–Crippen MR) is 114 cm³/mol. The molecule has 150 valence electrons. The summed E-state index contributed by atoms with van der Waals surface area (Å²) in [4.78, 5) is 30.7. The van der Waals surface area contributed by atoms with Crippen molar-refractivity contribution in [2.24, 2.45) is 0 Å². The molecule has 0 spiro atoms. The Morgan fingerprint density at radius 2 is 1.97 bits per heavy atom. The van der Waals surface area contributed by atoms with Crippen LogP contribution >= 0.6 is 11.8 Å². The number of likely N-dealkylation sites (N-methyl/N-ethyl adjacent to an activating group) is 1. The van der Waals surface area contributed by atoms with E-state index in [1.807, 2.05) is 37.3 Å². The van der Waals surface area contributed by atoms with Gasteiger partial charge in [-0.25, -0.2) is 4.98 Å². The zero-order valence-corrected chi connectivity index (χ0v) is 17.5. The van der Waals surface area contributed by atoms with Gasteiger partial charge in [0, 0.05) is 18.4 Å². The number of aryl methyl sites for hydroxylation is 3. The van der Waals surface area contributed by atoms with Crippen LogP contribution in [-0.2, 0) is 22.4 Å². The van der Waals surface area contributed by atoms with Gasteiger partial charge in [-0.05, 0) is 56.4 Å². The summed E-state index contributed by atoms with van der Waals surface area (Å²) < 4.78 is 0. The molecule has 7 heteroatoms. The summed E-state index contributed by atoms with van der Waals surface area (Å²) in [6.45, 7) is 1.95. The summed E-state index contributed by atoms with van der Waals surface area (Å²) in [6.07, 6.45) is 4.11. The molecule has 0 fully saturated rings. The van der Waals surface area contributed by atoms with Crippen LogP contribution < -0.4 is 5.32 Å². The molecule has 1 aliphatic carbocycles. The second-order valence-corrected chi connectivity index (χ2v) is 8.18. The van der Waals surface area contributed by atoms with Gasteiger partial charge in [0.25, 0.3) is 0 Å². The summed E-state index contributed by atoms with van der Waals surface area (Å²) in [7, 11) is 1.60. The molecule has 1 N–H and O–H groups in total. The zero-order chi connectivity index (χ0) is 20.8. The monoisotopic (exact) mass is 408 g/mol. The van der Waals surface area contributed by atoms with Gasteiger partial charge >= 0.3 is 0 Å². The Bertz CT molecular complexity index is 951. The van der Waals surface area contributed by atoms with Gasteiger partial charge in [0.2, 0.25) is 11.8 Å². The first kappa shape index (κ1) is 20.9. The number of thioether (sulfide) groups is 1. The lowest BCUT2D eigenvalue weighted by Gasteiger charge is -2.18. The molecule has 6 nitrogen and oxygen atoms in total. The quantitative estimate of drug-likeness (QED) is 0.741. The van der Waals surface area contributed by atoms with Crippen molar-refractivity contribution in [3.63, 3.8) is 0 Å². The van der Waals surface area contributed by atoms with E-state index in [0.29, 0.717) is 16.3 Å². The van der Waals surface area contributed by atoms with Crippen LogP contribution in [0.2, 0.25) is 0 Å². The van der Waals surface area contributed by atoms with E-state index in [2.05, 4.69) is 16.4 Å². The maximum atomic E-state index is 12.5. The van der Waals surface area contributed by atoms with Crippen LogP contribution in [0.5, 0.6) is 0 Å². The second kappa shape index (κ2) is 9.57. The molecule has 0 unspecified atom stereocenters. The lowest BCUT2D eigenvalue weighted by molar-refractivity contribution is -0.131. The van der Waals surface area contributed by atoms with Crippen LogP contribution in [0.15, 0.2) is 35.4 Å². The summed E-state index contributed by atoms with van der Waals surface area (Å²) in [5.41, 5.74) is 4.51. The minimum absolute atomic E-state index is 0.0318. The number of amides is 2. The van der Waals surface area contributed by atoms with E-state index in [9.17, 15) is 14.9 Å². The van der Waals surface area contributed by atoms with E-state index < -0.39 is 0 Å². The minimum Gasteiger partial charge on any atom is -0.336 e. The van der Waals surface area contributed by atoms with Crippen LogP contribution in [0.4, 0.5) is 5.69 Å². The van der Waals surface area contributed by atoms with E-state index in [1.165, 1.54) is 16.7 Å². The molecule has 1 aromatic heterocycles. The number of rotatable bonds is 6. The van der Waals surface area contributed by atoms with Crippen molar-refractivity contribution < 1.29 is 9.59 Å². The van der Waals surface area contributed by atoms with Crippen molar-refractivity contribution in [2.45, 2.75) is 37.6 Å². The predicted octanol–water partition coefficient (Wildman–Crippen LogP) is 3.33. The lowest BCUT2D eigenvalue weighted by atomic mass is 9.95. The smallest absolute Gasteiger partial charge is 0.243 e. The van der Waals surface area contributed by atoms with Gasteiger partial charge in [0.05, 0.1) is 17.9 Å². The number of fused-ring (bicyclic) bond motifs is 1. The molecule has 1 aliphatic rings. The van der Waals surface area contributed by atoms with Gasteiger partial charge in [-0.15, -0.1) is 0 Å². The number of aromatic nitrogens is 1. The highest BCUT2D eigenvalue weighted by atomic mass is 32.2. The Kier molecular flexibility index (Phi) is 6.89. The molecule has 0 aliphatic heterocycles. The van der Waals surface area contributed by atoms with Crippen molar-refractivity contribution in [3.05, 3.63) is 52.7 Å². The Morgan fingerprint density at radius 3 is 2.69 bits per heavy atom. The molecule has 0 atom stereocenters. The summed E-state index contributed by atoms with van der Waals surface area (Å²) >= 11 is 1.26. The van der Waals surface area contributed by atoms with E-state index in [1.54, 1.807) is 7.05 Å². The molecular weight excluding hydrogens is 384 g/mol. The van der Waals surface area contributed by atoms with Crippen LogP contribution in [0, 0.1) is 18.3 Å². The van der Waals surface area contributed by atoms with Gasteiger partial charge in [0.1, 0.15) is 11.1 Å². The van der Waals surface area contributed by atoms with Crippen molar-refractivity contribution in [3.8, 4) is 6.07 Å². The number of nitrogens with one attached hydrogen (secondary N) is 1. The van der Waals surface area contributed by atoms with Crippen LogP contribution in [0.25, 0.3) is 0 Å². The highest BCUT2D eigenvalue weighted by Crippen LogP contribution is 2.27. The third kappa shape index (κ3) is 5.58. The Morgan fingerprint density at radius 1 is 1.24 bits per heavy atom. The lowest BCUT2D eigenvalue weighted by Crippen LogP contribution is -2.36. The topological polar surface area (TPSA) is 86.1 Å². The molecule has 1 aromatic carbocycles. The third-order valence-corrected chi connectivity index (χ3v) is 5.84. The van der Waals surface area contributed by atoms with Gasteiger partial charge in [-0.3, -0.25) is 9.59 Å². The molecular formula is C22H24N4O2S. The highest BCUT2D eigenvalue weighted by Gasteiger charge is 2.18. The average molecular weight is 409 g/mol. The molecule has 29 heavy (non-hydrogen) atoms. The normalized spacial score (nSPS) is 12.6. The van der Waals surface area contributed by atoms with Gasteiger partial charge in [-0.1, -0.05) is 29.5 Å². The fourth-order valence-electron chi connectivity index (χ4n) is 3.19. The number of nitriles is 1. The maximum absolute atomic E-state index is 12.5. The summed E-state index contributed by atoms with van der Waals surface area (Å²) in [6, 6.07) is 11.6. The first-order chi connectivity index (χ1) is 14.0. The maximum Gasteiger partial charge on any atom is 0.243 e. The van der Waals surface area contributed by atoms with Crippen LogP contribution in [0.3, 0.4) is 0 Å². The first-order valence-electron chi connectivity index (χ1n) is 9.62. The van der Waals surface area contributed by atoms with Crippen molar-refractivity contribution in [1.29, 1.82) is 5.26 Å². The van der Waals surface area contributed by atoms with Gasteiger partial charge < -0.3 is 10.2 Å². The number of anilines is 1. The number of pyridine rings is 1. The molecule has 2 aromatic rings. The Hall–Kier alpha value is -2.85. The minimum atomic E-state index is -0.251. The number of hydrogen-bond donors (Lipinski definition) is 1. The highest BCUT2D eigenvalue weighted by molar-refractivity contribution is 8.00. The fraction of sp³-hybridized carbons (Fsp3) is 0.364. The van der Waals surface area contributed by atoms with E-state index in [-0.39, 0.29) is 24.1 Å². The molecule has 0 saturated carbocycles. The number of hydrogen-bond acceptors (Lipinski definition) is 5. The van der Waals surface area contributed by atoms with Gasteiger partial charge in [-0.2, -0.15) is 5.26 Å². The summed E-state index contributed by atoms with van der Waals surface area (Å²) in [5, 5.41) is 12.8. The number of carbonyl (C=O) groups is 2. The molecule has 1 heterocycles. The number of nitrogens with zero attached hydrogens (tertiary/aromatic N) is 3. The van der Waals surface area contributed by atoms with Crippen LogP contribution in [0.1, 0.15) is 35.2 Å². The molecule has 0 saturated heterocycles. The van der Waals surface area contributed by atoms with Crippen molar-refractivity contribution in [1.82, 2.24) is 9.88 Å². The van der Waals surface area contributed by atoms with E-state index in [4.69, 9.17) is 0 Å². The van der Waals surface area contributed by atoms with Crippen molar-refractivity contribution in [2.75, 3.05) is 24.7 Å². The van der Waals surface area contributed by atoms with Crippen molar-refractivity contribution >= 4 is 29.3 Å².